The maximum atomic E-state index is 13.7. The molecule has 1 aliphatic rings. The largest absolute Gasteiger partial charge is 0.495 e. The van der Waals surface area contributed by atoms with Crippen molar-refractivity contribution >= 4 is 35.0 Å². The van der Waals surface area contributed by atoms with E-state index in [0.29, 0.717) is 78.4 Å². The van der Waals surface area contributed by atoms with Gasteiger partial charge in [-0.3, -0.25) is 19.2 Å². The average Bonchev–Trinajstić information content (AvgIpc) is 3.15. The summed E-state index contributed by atoms with van der Waals surface area (Å²) in [6, 6.07) is 18.1. The van der Waals surface area contributed by atoms with Gasteiger partial charge in [-0.15, -0.1) is 0 Å². The van der Waals surface area contributed by atoms with Gasteiger partial charge in [0.05, 0.1) is 37.3 Å². The van der Waals surface area contributed by atoms with Crippen LogP contribution in [0.2, 0.25) is 0 Å². The number of benzene rings is 3. The van der Waals surface area contributed by atoms with Crippen LogP contribution in [-0.2, 0) is 9.59 Å². The van der Waals surface area contributed by atoms with Crippen LogP contribution in [0, 0.1) is 6.92 Å². The molecule has 4 amide bonds. The Labute approximate surface area is 313 Å². The van der Waals surface area contributed by atoms with Crippen LogP contribution in [0.15, 0.2) is 60.7 Å². The number of para-hydroxylation sites is 1. The normalized spacial score (nSPS) is 13.0. The van der Waals surface area contributed by atoms with Crippen molar-refractivity contribution in [3.8, 4) is 17.2 Å². The molecule has 53 heavy (non-hydrogen) atoms. The number of carbonyl (C=O) groups excluding carboxylic acids is 4. The van der Waals surface area contributed by atoms with Gasteiger partial charge in [0, 0.05) is 51.6 Å². The molecular weight excluding hydrogens is 674 g/mol. The van der Waals surface area contributed by atoms with Crippen molar-refractivity contribution in [2.45, 2.75) is 64.8 Å². The number of methoxy groups -OCH3 is 1. The summed E-state index contributed by atoms with van der Waals surface area (Å²) < 4.78 is 17.6. The number of ether oxygens (including phenoxy) is 3. The van der Waals surface area contributed by atoms with Gasteiger partial charge < -0.3 is 39.5 Å². The Balaban J connectivity index is 1.31. The number of anilines is 2. The quantitative estimate of drug-likeness (QED) is 0.154. The van der Waals surface area contributed by atoms with Crippen molar-refractivity contribution in [2.24, 2.45) is 0 Å². The number of piperidine rings is 1. The number of nitrogens with zero attached hydrogens (tertiary/aromatic N) is 3. The van der Waals surface area contributed by atoms with Gasteiger partial charge in [0.25, 0.3) is 11.8 Å². The van der Waals surface area contributed by atoms with E-state index in [1.807, 2.05) is 30.0 Å². The highest BCUT2D eigenvalue weighted by atomic mass is 16.5. The Morgan fingerprint density at radius 2 is 1.55 bits per heavy atom. The zero-order valence-electron chi connectivity index (χ0n) is 32.0. The summed E-state index contributed by atoms with van der Waals surface area (Å²) in [7, 11) is 7.37. The van der Waals surface area contributed by atoms with Gasteiger partial charge >= 0.3 is 0 Å². The van der Waals surface area contributed by atoms with Crippen LogP contribution in [0.3, 0.4) is 0 Å². The molecule has 0 spiro atoms. The van der Waals surface area contributed by atoms with Gasteiger partial charge in [-0.05, 0) is 108 Å². The first kappa shape index (κ1) is 40.7. The molecule has 1 heterocycles. The van der Waals surface area contributed by atoms with Crippen LogP contribution < -0.4 is 29.7 Å². The summed E-state index contributed by atoms with van der Waals surface area (Å²) in [5.74, 6) is 0.792. The Morgan fingerprint density at radius 1 is 0.830 bits per heavy atom. The maximum absolute atomic E-state index is 13.7. The highest BCUT2D eigenvalue weighted by molar-refractivity contribution is 6.09. The smallest absolute Gasteiger partial charge is 0.259 e. The number of unbranched alkanes of at least 4 members (excludes halogenated alkanes) is 2. The molecule has 3 aromatic carbocycles. The predicted octanol–water partition coefficient (Wildman–Crippen LogP) is 5.93. The summed E-state index contributed by atoms with van der Waals surface area (Å²) in [6.45, 7) is 6.35. The maximum Gasteiger partial charge on any atom is 0.259 e. The standard InChI is InChI=1S/C41H55N5O7/c1-29-16-19-35(38(27-29)53-25-11-7-8-15-39(48)46-23-20-32(21-24-46)44(3)4)45(5)41(50)31-17-18-34(37(28-31)51-6)43-40(49)33-13-9-10-14-36(33)52-26-12-22-42-30(2)47/h9-10,13-14,16-19,27-28,32H,7-8,11-12,15,20-26H2,1-6H3,(H,42,47)(H,43,49). The number of hydrogen-bond donors (Lipinski definition) is 2. The average molecular weight is 730 g/mol. The zero-order chi connectivity index (χ0) is 38.3. The lowest BCUT2D eigenvalue weighted by Crippen LogP contribution is -2.44. The lowest BCUT2D eigenvalue weighted by atomic mass is 10.0. The first-order valence-corrected chi connectivity index (χ1v) is 18.4. The summed E-state index contributed by atoms with van der Waals surface area (Å²) in [6.07, 6.45) is 5.66. The number of hydrogen-bond acceptors (Lipinski definition) is 8. The fraction of sp³-hybridized carbons (Fsp3) is 0.463. The topological polar surface area (TPSA) is 130 Å². The van der Waals surface area contributed by atoms with Crippen LogP contribution in [0.4, 0.5) is 11.4 Å². The Kier molecular flexibility index (Phi) is 15.5. The van der Waals surface area contributed by atoms with Crippen molar-refractivity contribution < 1.29 is 33.4 Å². The van der Waals surface area contributed by atoms with E-state index < -0.39 is 5.91 Å². The number of likely N-dealkylation sites (tertiary alicyclic amines) is 1. The third-order valence-corrected chi connectivity index (χ3v) is 9.40. The first-order chi connectivity index (χ1) is 25.5. The van der Waals surface area contributed by atoms with Crippen molar-refractivity contribution in [2.75, 3.05) is 71.3 Å². The molecule has 0 aliphatic carbocycles. The van der Waals surface area contributed by atoms with Crippen molar-refractivity contribution in [1.29, 1.82) is 0 Å². The van der Waals surface area contributed by atoms with E-state index >= 15 is 0 Å². The lowest BCUT2D eigenvalue weighted by Gasteiger charge is -2.35. The van der Waals surface area contributed by atoms with E-state index in [1.165, 1.54) is 14.0 Å². The number of aryl methyl sites for hydroxylation is 1. The van der Waals surface area contributed by atoms with E-state index in [0.717, 1.165) is 50.8 Å². The van der Waals surface area contributed by atoms with Gasteiger partial charge in [-0.25, -0.2) is 0 Å². The highest BCUT2D eigenvalue weighted by Crippen LogP contribution is 2.32. The predicted molar refractivity (Wildman–Crippen MR) is 207 cm³/mol. The molecule has 0 unspecified atom stereocenters. The van der Waals surface area contributed by atoms with Crippen LogP contribution in [-0.4, -0.2) is 101 Å². The highest BCUT2D eigenvalue weighted by Gasteiger charge is 2.24. The van der Waals surface area contributed by atoms with E-state index in [9.17, 15) is 19.2 Å². The van der Waals surface area contributed by atoms with E-state index in [1.54, 1.807) is 54.4 Å². The van der Waals surface area contributed by atoms with Crippen LogP contribution in [0.25, 0.3) is 0 Å². The molecule has 12 nitrogen and oxygen atoms in total. The van der Waals surface area contributed by atoms with Crippen LogP contribution in [0.5, 0.6) is 17.2 Å². The monoisotopic (exact) mass is 729 g/mol. The molecular formula is C41H55N5O7. The second kappa shape index (κ2) is 20.2. The molecule has 0 radical (unpaired) electrons. The Morgan fingerprint density at radius 3 is 2.26 bits per heavy atom. The molecule has 0 atom stereocenters. The first-order valence-electron chi connectivity index (χ1n) is 18.4. The van der Waals surface area contributed by atoms with Crippen LogP contribution in [0.1, 0.15) is 78.1 Å². The molecule has 3 aromatic rings. The zero-order valence-corrected chi connectivity index (χ0v) is 32.0. The van der Waals surface area contributed by atoms with Gasteiger partial charge in [0.15, 0.2) is 0 Å². The molecule has 1 aliphatic heterocycles. The minimum absolute atomic E-state index is 0.109. The number of amides is 4. The van der Waals surface area contributed by atoms with Crippen LogP contribution >= 0.6 is 0 Å². The second-order valence-corrected chi connectivity index (χ2v) is 13.6. The second-order valence-electron chi connectivity index (χ2n) is 13.6. The molecule has 1 saturated heterocycles. The number of rotatable bonds is 18. The van der Waals surface area contributed by atoms with Gasteiger partial charge in [-0.1, -0.05) is 18.2 Å². The van der Waals surface area contributed by atoms with Gasteiger partial charge in [0.1, 0.15) is 17.2 Å². The summed E-state index contributed by atoms with van der Waals surface area (Å²) >= 11 is 0. The van der Waals surface area contributed by atoms with Gasteiger partial charge in [0.2, 0.25) is 11.8 Å². The molecule has 4 rings (SSSR count). The minimum Gasteiger partial charge on any atom is -0.495 e. The summed E-state index contributed by atoms with van der Waals surface area (Å²) in [5.41, 5.74) is 2.73. The molecule has 0 saturated carbocycles. The molecule has 286 valence electrons. The molecule has 2 N–H and O–H groups in total. The number of nitrogens with one attached hydrogen (secondary N) is 2. The number of carbonyl (C=O) groups is 4. The van der Waals surface area contributed by atoms with Crippen molar-refractivity contribution in [1.82, 2.24) is 15.1 Å². The Bertz CT molecular complexity index is 1700. The fourth-order valence-corrected chi connectivity index (χ4v) is 6.26. The summed E-state index contributed by atoms with van der Waals surface area (Å²) in [4.78, 5) is 56.7. The van der Waals surface area contributed by atoms with Crippen molar-refractivity contribution in [3.63, 3.8) is 0 Å². The molecule has 0 aromatic heterocycles. The van der Waals surface area contributed by atoms with Gasteiger partial charge in [-0.2, -0.15) is 0 Å². The minimum atomic E-state index is -0.398. The fourth-order valence-electron chi connectivity index (χ4n) is 6.26. The summed E-state index contributed by atoms with van der Waals surface area (Å²) in [5, 5.41) is 5.59. The third kappa shape index (κ3) is 12.0. The van der Waals surface area contributed by atoms with E-state index in [-0.39, 0.29) is 17.7 Å². The molecule has 1 fully saturated rings. The van der Waals surface area contributed by atoms with Crippen molar-refractivity contribution in [3.05, 3.63) is 77.4 Å². The molecule has 0 bridgehead atoms. The lowest BCUT2D eigenvalue weighted by molar-refractivity contribution is -0.132. The third-order valence-electron chi connectivity index (χ3n) is 9.40. The van der Waals surface area contributed by atoms with E-state index in [4.69, 9.17) is 14.2 Å². The van der Waals surface area contributed by atoms with E-state index in [2.05, 4.69) is 29.6 Å². The SMILES string of the molecule is COc1cc(C(=O)N(C)c2ccc(C)cc2OCCCCCC(=O)N2CCC(N(C)C)CC2)ccc1NC(=O)c1ccccc1OCCCNC(C)=O. The molecule has 12 heteroatoms. The Hall–Kier alpha value is -5.10.